The number of pyridine rings is 1. The van der Waals surface area contributed by atoms with Gasteiger partial charge in [0.05, 0.1) is 13.7 Å². The molecule has 1 heterocycles. The number of nitrogens with zero attached hydrogens (tertiary/aromatic N) is 2. The van der Waals surface area contributed by atoms with Crippen LogP contribution in [0.1, 0.15) is 12.0 Å². The number of hydrogen-bond acceptors (Lipinski definition) is 4. The molecule has 0 spiro atoms. The van der Waals surface area contributed by atoms with Gasteiger partial charge in [0.25, 0.3) is 0 Å². The first-order valence-electron chi connectivity index (χ1n) is 6.14. The number of aromatic nitrogens is 1. The number of amides is 2. The molecule has 0 saturated carbocycles. The predicted molar refractivity (Wildman–Crippen MR) is 72.1 cm³/mol. The lowest BCUT2D eigenvalue weighted by Gasteiger charge is -2.18. The van der Waals surface area contributed by atoms with Crippen LogP contribution in [0.15, 0.2) is 18.3 Å². The van der Waals surface area contributed by atoms with Crippen LogP contribution in [0.5, 0.6) is 5.88 Å². The van der Waals surface area contributed by atoms with E-state index in [1.165, 1.54) is 0 Å². The van der Waals surface area contributed by atoms with Gasteiger partial charge in [0.15, 0.2) is 0 Å². The quantitative estimate of drug-likeness (QED) is 0.756. The molecule has 0 bridgehead atoms. The Hall–Kier alpha value is -1.82. The molecule has 19 heavy (non-hydrogen) atoms. The Labute approximate surface area is 113 Å². The lowest BCUT2D eigenvalue weighted by molar-refractivity contribution is 0.188. The first-order chi connectivity index (χ1) is 9.19. The van der Waals surface area contributed by atoms with Gasteiger partial charge in [0.2, 0.25) is 5.88 Å². The highest BCUT2D eigenvalue weighted by Gasteiger charge is 2.11. The summed E-state index contributed by atoms with van der Waals surface area (Å²) in [5.74, 6) is 0.543. The molecule has 0 aliphatic heterocycles. The van der Waals surface area contributed by atoms with Crippen molar-refractivity contribution < 1.29 is 14.3 Å². The number of ether oxygens (including phenoxy) is 2. The van der Waals surface area contributed by atoms with Gasteiger partial charge >= 0.3 is 6.03 Å². The molecule has 2 amide bonds. The topological polar surface area (TPSA) is 63.7 Å². The molecule has 0 unspecified atom stereocenters. The molecule has 1 rings (SSSR count). The van der Waals surface area contributed by atoms with Crippen molar-refractivity contribution in [2.75, 3.05) is 34.4 Å². The van der Waals surface area contributed by atoms with Gasteiger partial charge < -0.3 is 19.7 Å². The molecule has 0 saturated heterocycles. The number of urea groups is 1. The Morgan fingerprint density at radius 1 is 1.47 bits per heavy atom. The van der Waals surface area contributed by atoms with E-state index < -0.39 is 0 Å². The number of methoxy groups -OCH3 is 2. The molecule has 0 aliphatic rings. The fraction of sp³-hybridized carbons (Fsp3) is 0.538. The van der Waals surface area contributed by atoms with Crippen molar-refractivity contribution in [3.63, 3.8) is 0 Å². The van der Waals surface area contributed by atoms with Crippen molar-refractivity contribution in [2.45, 2.75) is 13.0 Å². The maximum Gasteiger partial charge on any atom is 0.317 e. The predicted octanol–water partition coefficient (Wildman–Crippen LogP) is 1.27. The van der Waals surface area contributed by atoms with Crippen LogP contribution in [0.25, 0.3) is 0 Å². The highest BCUT2D eigenvalue weighted by Crippen LogP contribution is 2.15. The molecule has 0 aromatic carbocycles. The molecule has 0 radical (unpaired) electrons. The Kier molecular flexibility index (Phi) is 6.67. The molecule has 6 heteroatoms. The van der Waals surface area contributed by atoms with E-state index >= 15 is 0 Å². The van der Waals surface area contributed by atoms with Crippen molar-refractivity contribution in [3.8, 4) is 5.88 Å². The van der Waals surface area contributed by atoms with Gasteiger partial charge in [-0.25, -0.2) is 9.78 Å². The minimum absolute atomic E-state index is 0.123. The van der Waals surface area contributed by atoms with Crippen molar-refractivity contribution in [1.29, 1.82) is 0 Å². The summed E-state index contributed by atoms with van der Waals surface area (Å²) in [6.45, 7) is 1.69. The highest BCUT2D eigenvalue weighted by atomic mass is 16.5. The monoisotopic (exact) mass is 267 g/mol. The normalized spacial score (nSPS) is 10.1. The van der Waals surface area contributed by atoms with Gasteiger partial charge in [-0.2, -0.15) is 0 Å². The first kappa shape index (κ1) is 15.2. The molecule has 6 nitrogen and oxygen atoms in total. The lowest BCUT2D eigenvalue weighted by Crippen LogP contribution is -2.37. The molecule has 1 aromatic rings. The standard InChI is InChI=1S/C13H21N3O3/c1-16(13(17)15-8-5-9-18-2)10-11-6-4-7-14-12(11)19-3/h4,6-7H,5,8-10H2,1-3H3,(H,15,17). The second-order valence-electron chi connectivity index (χ2n) is 4.11. The van der Waals surface area contributed by atoms with Gasteiger partial charge in [-0.1, -0.05) is 6.07 Å². The average molecular weight is 267 g/mol. The third kappa shape index (κ3) is 5.13. The van der Waals surface area contributed by atoms with E-state index in [0.29, 0.717) is 25.6 Å². The van der Waals surface area contributed by atoms with Crippen LogP contribution in [-0.4, -0.2) is 50.3 Å². The lowest BCUT2D eigenvalue weighted by atomic mass is 10.2. The number of carbonyl (C=O) groups excluding carboxylic acids is 1. The van der Waals surface area contributed by atoms with Gasteiger partial charge in [0, 0.05) is 39.1 Å². The Balaban J connectivity index is 2.45. The Morgan fingerprint density at radius 3 is 2.95 bits per heavy atom. The zero-order valence-electron chi connectivity index (χ0n) is 11.7. The zero-order chi connectivity index (χ0) is 14.1. The SMILES string of the molecule is COCCCNC(=O)N(C)Cc1cccnc1OC. The molecule has 0 atom stereocenters. The summed E-state index contributed by atoms with van der Waals surface area (Å²) in [6.07, 6.45) is 2.46. The molecule has 0 aliphatic carbocycles. The molecular formula is C13H21N3O3. The van der Waals surface area contributed by atoms with E-state index in [9.17, 15) is 4.79 Å². The van der Waals surface area contributed by atoms with Gasteiger partial charge in [-0.3, -0.25) is 0 Å². The van der Waals surface area contributed by atoms with Gasteiger partial charge in [-0.05, 0) is 12.5 Å². The molecule has 1 N–H and O–H groups in total. The van der Waals surface area contributed by atoms with Crippen molar-refractivity contribution >= 4 is 6.03 Å². The minimum Gasteiger partial charge on any atom is -0.481 e. The van der Waals surface area contributed by atoms with Crippen LogP contribution in [0.2, 0.25) is 0 Å². The van der Waals surface area contributed by atoms with Crippen molar-refractivity contribution in [3.05, 3.63) is 23.9 Å². The highest BCUT2D eigenvalue weighted by molar-refractivity contribution is 5.73. The first-order valence-corrected chi connectivity index (χ1v) is 6.14. The van der Waals surface area contributed by atoms with Gasteiger partial charge in [0.1, 0.15) is 0 Å². The third-order valence-electron chi connectivity index (χ3n) is 2.60. The van der Waals surface area contributed by atoms with Crippen LogP contribution in [0, 0.1) is 0 Å². The summed E-state index contributed by atoms with van der Waals surface area (Å²) in [6, 6.07) is 3.59. The summed E-state index contributed by atoms with van der Waals surface area (Å²) >= 11 is 0. The zero-order valence-corrected chi connectivity index (χ0v) is 11.7. The molecule has 106 valence electrons. The maximum absolute atomic E-state index is 11.8. The van der Waals surface area contributed by atoms with Crippen molar-refractivity contribution in [1.82, 2.24) is 15.2 Å². The van der Waals surface area contributed by atoms with Crippen LogP contribution in [0.3, 0.4) is 0 Å². The summed E-state index contributed by atoms with van der Waals surface area (Å²) < 4.78 is 10.1. The molecule has 0 fully saturated rings. The van der Waals surface area contributed by atoms with E-state index in [0.717, 1.165) is 12.0 Å². The smallest absolute Gasteiger partial charge is 0.317 e. The molecular weight excluding hydrogens is 246 g/mol. The van der Waals surface area contributed by atoms with Crippen LogP contribution in [-0.2, 0) is 11.3 Å². The average Bonchev–Trinajstić information content (AvgIpc) is 2.44. The Morgan fingerprint density at radius 2 is 2.26 bits per heavy atom. The van der Waals surface area contributed by atoms with Gasteiger partial charge in [-0.15, -0.1) is 0 Å². The number of hydrogen-bond donors (Lipinski definition) is 1. The maximum atomic E-state index is 11.8. The second-order valence-corrected chi connectivity index (χ2v) is 4.11. The fourth-order valence-corrected chi connectivity index (χ4v) is 1.60. The van der Waals surface area contributed by atoms with Crippen LogP contribution >= 0.6 is 0 Å². The summed E-state index contributed by atoms with van der Waals surface area (Å²) in [4.78, 5) is 17.5. The second kappa shape index (κ2) is 8.31. The van der Waals surface area contributed by atoms with Crippen LogP contribution in [0.4, 0.5) is 4.79 Å². The summed E-state index contributed by atoms with van der Waals surface area (Å²) in [7, 11) is 4.94. The fourth-order valence-electron chi connectivity index (χ4n) is 1.60. The van der Waals surface area contributed by atoms with E-state index in [1.54, 1.807) is 32.4 Å². The summed E-state index contributed by atoms with van der Waals surface area (Å²) in [5, 5.41) is 2.82. The third-order valence-corrected chi connectivity index (χ3v) is 2.60. The van der Waals surface area contributed by atoms with E-state index in [2.05, 4.69) is 10.3 Å². The van der Waals surface area contributed by atoms with E-state index in [4.69, 9.17) is 9.47 Å². The van der Waals surface area contributed by atoms with E-state index in [-0.39, 0.29) is 6.03 Å². The van der Waals surface area contributed by atoms with Crippen LogP contribution < -0.4 is 10.1 Å². The number of nitrogens with one attached hydrogen (secondary N) is 1. The Bertz CT molecular complexity index is 398. The number of rotatable bonds is 7. The van der Waals surface area contributed by atoms with E-state index in [1.807, 2.05) is 12.1 Å². The number of carbonyl (C=O) groups is 1. The minimum atomic E-state index is -0.123. The van der Waals surface area contributed by atoms with Crippen molar-refractivity contribution in [2.24, 2.45) is 0 Å². The molecule has 1 aromatic heterocycles. The largest absolute Gasteiger partial charge is 0.481 e. The summed E-state index contributed by atoms with van der Waals surface area (Å²) in [5.41, 5.74) is 0.875.